The lowest BCUT2D eigenvalue weighted by molar-refractivity contribution is -0.114. The smallest absolute Gasteiger partial charge is 0.274 e. The molecule has 1 aliphatic carbocycles. The summed E-state index contributed by atoms with van der Waals surface area (Å²) >= 11 is 1.65. The highest BCUT2D eigenvalue weighted by atomic mass is 32.1. The molecule has 1 aromatic heterocycles. The molecule has 3 amide bonds. The van der Waals surface area contributed by atoms with Gasteiger partial charge in [0, 0.05) is 43.2 Å². The summed E-state index contributed by atoms with van der Waals surface area (Å²) in [4.78, 5) is 45.9. The molecule has 2 heterocycles. The van der Waals surface area contributed by atoms with Crippen LogP contribution in [0.4, 0.5) is 5.69 Å². The van der Waals surface area contributed by atoms with Crippen LogP contribution in [-0.4, -0.2) is 46.7 Å². The predicted octanol–water partition coefficient (Wildman–Crippen LogP) is 5.38. The van der Waals surface area contributed by atoms with E-state index in [4.69, 9.17) is 4.98 Å². The van der Waals surface area contributed by atoms with Crippen LogP contribution in [0.15, 0.2) is 48.5 Å². The van der Waals surface area contributed by atoms with Crippen LogP contribution in [-0.2, 0) is 4.79 Å². The Hall–Kier alpha value is -3.52. The van der Waals surface area contributed by atoms with Gasteiger partial charge in [-0.05, 0) is 62.8 Å². The molecule has 2 aliphatic rings. The fraction of sp³-hybridized carbons (Fsp3) is 0.379. The lowest BCUT2D eigenvalue weighted by atomic mass is 10.0. The van der Waals surface area contributed by atoms with Crippen LogP contribution < -0.4 is 10.6 Å². The molecule has 2 fully saturated rings. The second-order valence-corrected chi connectivity index (χ2v) is 11.0. The number of nitrogens with zero attached hydrogens (tertiary/aromatic N) is 2. The van der Waals surface area contributed by atoms with E-state index in [-0.39, 0.29) is 23.8 Å². The molecule has 192 valence electrons. The number of amides is 3. The van der Waals surface area contributed by atoms with Gasteiger partial charge in [0.1, 0.15) is 5.69 Å². The number of hydrogen-bond donors (Lipinski definition) is 2. The van der Waals surface area contributed by atoms with Crippen molar-refractivity contribution in [2.75, 3.05) is 18.4 Å². The van der Waals surface area contributed by atoms with Gasteiger partial charge in [0.25, 0.3) is 11.8 Å². The summed E-state index contributed by atoms with van der Waals surface area (Å²) in [6.45, 7) is 4.51. The van der Waals surface area contributed by atoms with Gasteiger partial charge in [-0.3, -0.25) is 14.4 Å². The van der Waals surface area contributed by atoms with E-state index in [1.165, 1.54) is 6.92 Å². The summed E-state index contributed by atoms with van der Waals surface area (Å²) in [6.07, 6.45) is 5.05. The van der Waals surface area contributed by atoms with Gasteiger partial charge < -0.3 is 15.5 Å². The van der Waals surface area contributed by atoms with E-state index < -0.39 is 0 Å². The number of carbonyl (C=O) groups excluding carboxylic acids is 3. The number of benzene rings is 2. The number of piperidine rings is 1. The van der Waals surface area contributed by atoms with E-state index in [0.717, 1.165) is 53.1 Å². The standard InChI is InChI=1S/C29H32N4O3S/c1-18-7-5-8-21(15-18)26-25(32-28(37-26)20-12-13-20)29(36)33-14-4-3-11-24(33)17-30-27(35)22-9-6-10-23(16-22)31-19(2)34/h5-10,15-16,20,24H,3-4,11-14,17H2,1-2H3,(H,30,35)(H,31,34). The van der Waals surface area contributed by atoms with E-state index in [2.05, 4.69) is 35.8 Å². The normalized spacial score (nSPS) is 17.4. The molecule has 0 bridgehead atoms. The highest BCUT2D eigenvalue weighted by Gasteiger charge is 2.34. The fourth-order valence-corrected chi connectivity index (χ4v) is 6.06. The first-order valence-corrected chi connectivity index (χ1v) is 13.8. The Morgan fingerprint density at radius 1 is 1.05 bits per heavy atom. The summed E-state index contributed by atoms with van der Waals surface area (Å²) in [5, 5.41) is 6.77. The molecule has 2 aromatic carbocycles. The van der Waals surface area contributed by atoms with Crippen molar-refractivity contribution in [1.82, 2.24) is 15.2 Å². The van der Waals surface area contributed by atoms with Gasteiger partial charge in [0.2, 0.25) is 5.91 Å². The second kappa shape index (κ2) is 10.8. The third-order valence-electron chi connectivity index (χ3n) is 6.88. The summed E-state index contributed by atoms with van der Waals surface area (Å²) in [5.74, 6) is 0.00667. The van der Waals surface area contributed by atoms with Gasteiger partial charge in [0.15, 0.2) is 0 Å². The molecule has 7 nitrogen and oxygen atoms in total. The molecule has 1 saturated carbocycles. The summed E-state index contributed by atoms with van der Waals surface area (Å²) in [5.41, 5.74) is 3.77. The number of thiazole rings is 1. The first-order chi connectivity index (χ1) is 17.9. The fourth-order valence-electron chi connectivity index (χ4n) is 4.84. The zero-order valence-electron chi connectivity index (χ0n) is 21.3. The van der Waals surface area contributed by atoms with E-state index >= 15 is 0 Å². The van der Waals surface area contributed by atoms with Crippen molar-refractivity contribution in [3.05, 3.63) is 70.4 Å². The van der Waals surface area contributed by atoms with Gasteiger partial charge in [-0.15, -0.1) is 11.3 Å². The van der Waals surface area contributed by atoms with Crippen molar-refractivity contribution in [3.8, 4) is 10.4 Å². The predicted molar refractivity (Wildman–Crippen MR) is 146 cm³/mol. The molecule has 37 heavy (non-hydrogen) atoms. The molecule has 1 aliphatic heterocycles. The number of likely N-dealkylation sites (tertiary alicyclic amines) is 1. The lowest BCUT2D eigenvalue weighted by Gasteiger charge is -2.35. The van der Waals surface area contributed by atoms with Crippen molar-refractivity contribution in [1.29, 1.82) is 0 Å². The van der Waals surface area contributed by atoms with E-state index in [0.29, 0.717) is 36.0 Å². The molecule has 8 heteroatoms. The number of rotatable bonds is 7. The van der Waals surface area contributed by atoms with Crippen molar-refractivity contribution >= 4 is 34.7 Å². The van der Waals surface area contributed by atoms with Gasteiger partial charge in [-0.1, -0.05) is 35.9 Å². The molecule has 1 atom stereocenters. The second-order valence-electron chi connectivity index (χ2n) is 9.99. The van der Waals surface area contributed by atoms with Gasteiger partial charge in [-0.2, -0.15) is 0 Å². The molecular weight excluding hydrogens is 484 g/mol. The zero-order chi connectivity index (χ0) is 25.9. The van der Waals surface area contributed by atoms with Gasteiger partial charge in [-0.25, -0.2) is 4.98 Å². The van der Waals surface area contributed by atoms with E-state index in [1.54, 1.807) is 35.6 Å². The molecule has 5 rings (SSSR count). The SMILES string of the molecule is CC(=O)Nc1cccc(C(=O)NCC2CCCCN2C(=O)c2nc(C3CC3)sc2-c2cccc(C)c2)c1. The first kappa shape index (κ1) is 25.1. The minimum absolute atomic E-state index is 0.0498. The number of anilines is 1. The summed E-state index contributed by atoms with van der Waals surface area (Å²) in [6, 6.07) is 15.0. The summed E-state index contributed by atoms with van der Waals surface area (Å²) < 4.78 is 0. The highest BCUT2D eigenvalue weighted by molar-refractivity contribution is 7.15. The molecule has 0 radical (unpaired) electrons. The number of aromatic nitrogens is 1. The van der Waals surface area contributed by atoms with E-state index in [1.807, 2.05) is 11.0 Å². The molecule has 1 saturated heterocycles. The third-order valence-corrected chi connectivity index (χ3v) is 8.15. The van der Waals surface area contributed by atoms with Crippen LogP contribution in [0.3, 0.4) is 0 Å². The van der Waals surface area contributed by atoms with Crippen LogP contribution >= 0.6 is 11.3 Å². The number of hydrogen-bond acceptors (Lipinski definition) is 5. The van der Waals surface area contributed by atoms with Crippen LogP contribution in [0.5, 0.6) is 0 Å². The molecule has 0 spiro atoms. The molecule has 3 aromatic rings. The Kier molecular flexibility index (Phi) is 7.37. The minimum Gasteiger partial charge on any atom is -0.350 e. The third kappa shape index (κ3) is 5.91. The highest BCUT2D eigenvalue weighted by Crippen LogP contribution is 2.45. The largest absolute Gasteiger partial charge is 0.350 e. The quantitative estimate of drug-likeness (QED) is 0.441. The average molecular weight is 517 g/mol. The lowest BCUT2D eigenvalue weighted by Crippen LogP contribution is -2.49. The maximum atomic E-state index is 13.9. The first-order valence-electron chi connectivity index (χ1n) is 12.9. The van der Waals surface area contributed by atoms with Crippen LogP contribution in [0.1, 0.15) is 76.4 Å². The van der Waals surface area contributed by atoms with Crippen LogP contribution in [0.25, 0.3) is 10.4 Å². The van der Waals surface area contributed by atoms with Crippen LogP contribution in [0, 0.1) is 6.92 Å². The Labute approximate surface area is 221 Å². The van der Waals surface area contributed by atoms with E-state index in [9.17, 15) is 14.4 Å². The number of aryl methyl sites for hydroxylation is 1. The Balaban J connectivity index is 1.34. The van der Waals surface area contributed by atoms with Crippen molar-refractivity contribution in [3.63, 3.8) is 0 Å². The Bertz CT molecular complexity index is 1330. The molecular formula is C29H32N4O3S. The van der Waals surface area contributed by atoms with Crippen molar-refractivity contribution in [2.24, 2.45) is 0 Å². The monoisotopic (exact) mass is 516 g/mol. The van der Waals surface area contributed by atoms with Gasteiger partial charge in [0.05, 0.1) is 9.88 Å². The average Bonchev–Trinajstić information content (AvgIpc) is 3.65. The minimum atomic E-state index is -0.227. The number of carbonyl (C=O) groups is 3. The summed E-state index contributed by atoms with van der Waals surface area (Å²) in [7, 11) is 0. The maximum absolute atomic E-state index is 13.9. The van der Waals surface area contributed by atoms with Crippen molar-refractivity contribution in [2.45, 2.75) is 57.9 Å². The Morgan fingerprint density at radius 2 is 1.86 bits per heavy atom. The van der Waals surface area contributed by atoms with Gasteiger partial charge >= 0.3 is 0 Å². The topological polar surface area (TPSA) is 91.4 Å². The number of nitrogens with one attached hydrogen (secondary N) is 2. The molecule has 2 N–H and O–H groups in total. The molecule has 1 unspecified atom stereocenters. The maximum Gasteiger partial charge on any atom is 0.274 e. The zero-order valence-corrected chi connectivity index (χ0v) is 22.1. The Morgan fingerprint density at radius 3 is 2.62 bits per heavy atom. The van der Waals surface area contributed by atoms with Crippen molar-refractivity contribution < 1.29 is 14.4 Å². The van der Waals surface area contributed by atoms with Crippen LogP contribution in [0.2, 0.25) is 0 Å².